The molecule has 0 fully saturated rings. The van der Waals surface area contributed by atoms with Gasteiger partial charge in [0.25, 0.3) is 0 Å². The molecule has 0 aromatic rings. The third-order valence-electron chi connectivity index (χ3n) is 17.0. The lowest BCUT2D eigenvalue weighted by Crippen LogP contribution is -2.30. The van der Waals surface area contributed by atoms with E-state index in [0.29, 0.717) is 31.6 Å². The van der Waals surface area contributed by atoms with E-state index in [2.05, 4.69) is 41.5 Å². The van der Waals surface area contributed by atoms with Crippen molar-refractivity contribution < 1.29 is 80.2 Å². The van der Waals surface area contributed by atoms with E-state index in [-0.39, 0.29) is 25.7 Å². The third-order valence-corrected chi connectivity index (χ3v) is 18.9. The number of ether oxygens (including phenoxy) is 4. The topological polar surface area (TPSA) is 237 Å². The van der Waals surface area contributed by atoms with Crippen molar-refractivity contribution in [2.24, 2.45) is 11.8 Å². The first-order chi connectivity index (χ1) is 44.4. The van der Waals surface area contributed by atoms with Crippen LogP contribution in [0.25, 0.3) is 0 Å². The van der Waals surface area contributed by atoms with Crippen molar-refractivity contribution in [2.45, 2.75) is 394 Å². The molecule has 0 rings (SSSR count). The summed E-state index contributed by atoms with van der Waals surface area (Å²) < 4.78 is 68.3. The van der Waals surface area contributed by atoms with Gasteiger partial charge in [0, 0.05) is 25.7 Å². The molecule has 3 N–H and O–H groups in total. The van der Waals surface area contributed by atoms with Crippen LogP contribution in [0, 0.1) is 11.8 Å². The van der Waals surface area contributed by atoms with E-state index in [4.69, 9.17) is 37.0 Å². The second kappa shape index (κ2) is 65.0. The maximum absolute atomic E-state index is 13.0. The van der Waals surface area contributed by atoms with E-state index in [1.54, 1.807) is 0 Å². The molecular formula is C73H142O17P2. The first kappa shape index (κ1) is 90.1. The highest BCUT2D eigenvalue weighted by molar-refractivity contribution is 7.47. The number of aliphatic hydroxyl groups excluding tert-OH is 1. The Bertz CT molecular complexity index is 1790. The molecule has 546 valence electrons. The van der Waals surface area contributed by atoms with Gasteiger partial charge in [-0.25, -0.2) is 9.13 Å². The average molecular weight is 1350 g/mol. The van der Waals surface area contributed by atoms with Crippen molar-refractivity contribution >= 4 is 39.5 Å². The first-order valence-corrected chi connectivity index (χ1v) is 41.0. The highest BCUT2D eigenvalue weighted by atomic mass is 31.2. The van der Waals surface area contributed by atoms with Crippen LogP contribution in [0.4, 0.5) is 0 Å². The van der Waals surface area contributed by atoms with Gasteiger partial charge in [0.05, 0.1) is 26.4 Å². The van der Waals surface area contributed by atoms with E-state index in [9.17, 15) is 43.2 Å². The molecule has 0 radical (unpaired) electrons. The molecule has 0 aromatic heterocycles. The second-order valence-corrected chi connectivity index (χ2v) is 30.2. The largest absolute Gasteiger partial charge is 0.472 e. The number of esters is 4. The Balaban J connectivity index is 5.16. The summed E-state index contributed by atoms with van der Waals surface area (Å²) in [6.07, 6.45) is 51.5. The summed E-state index contributed by atoms with van der Waals surface area (Å²) in [5, 5.41) is 10.6. The Morgan fingerprint density at radius 1 is 0.293 bits per heavy atom. The number of hydrogen-bond acceptors (Lipinski definition) is 15. The summed E-state index contributed by atoms with van der Waals surface area (Å²) in [4.78, 5) is 72.5. The minimum Gasteiger partial charge on any atom is -0.462 e. The zero-order valence-corrected chi connectivity index (χ0v) is 61.6. The van der Waals surface area contributed by atoms with Crippen LogP contribution in [0.1, 0.15) is 375 Å². The minimum atomic E-state index is -4.95. The standard InChI is InChI=1S/C73H142O17P2/c1-7-9-11-13-15-17-27-32-36-43-49-55-70(75)83-61-68(89-73(78)58-52-46-38-34-30-26-24-22-20-19-21-23-25-29-31-35-41-47-53-65(3)4)63-87-91(79,80)85-59-67(74)60-86-92(81,82)88-64-69(62-84-71(76)56-50-44-40-39-42-48-54-66(5)6)90-72(77)57-51-45-37-33-28-18-16-14-12-10-8-2/h65-69,74H,7-64H2,1-6H3,(H,79,80)(H,81,82)/t67-,68-,69-/m1/s1. The van der Waals surface area contributed by atoms with Gasteiger partial charge < -0.3 is 33.8 Å². The maximum atomic E-state index is 13.0. The van der Waals surface area contributed by atoms with Gasteiger partial charge in [-0.15, -0.1) is 0 Å². The molecule has 0 aliphatic carbocycles. The van der Waals surface area contributed by atoms with E-state index in [1.807, 2.05) is 0 Å². The Kier molecular flexibility index (Phi) is 63.7. The highest BCUT2D eigenvalue weighted by Gasteiger charge is 2.30. The lowest BCUT2D eigenvalue weighted by Gasteiger charge is -2.21. The summed E-state index contributed by atoms with van der Waals surface area (Å²) in [5.41, 5.74) is 0. The predicted octanol–water partition coefficient (Wildman–Crippen LogP) is 21.2. The lowest BCUT2D eigenvalue weighted by atomic mass is 10.0. The molecule has 92 heavy (non-hydrogen) atoms. The van der Waals surface area contributed by atoms with Crippen LogP contribution in [0.2, 0.25) is 0 Å². The van der Waals surface area contributed by atoms with Gasteiger partial charge in [-0.3, -0.25) is 37.3 Å². The Morgan fingerprint density at radius 3 is 0.739 bits per heavy atom. The van der Waals surface area contributed by atoms with Gasteiger partial charge >= 0.3 is 39.5 Å². The van der Waals surface area contributed by atoms with E-state index < -0.39 is 97.5 Å². The van der Waals surface area contributed by atoms with E-state index in [0.717, 1.165) is 102 Å². The SMILES string of the molecule is CCCCCCCCCCCCCC(=O)OC[C@H](COP(=O)(O)OC[C@@H](O)COP(=O)(O)OC[C@@H](COC(=O)CCCCCCCCC(C)C)OC(=O)CCCCCCCCCCCCC)OC(=O)CCCCCCCCCCCCCCCCCCCCC(C)C. The normalized spacial score (nSPS) is 14.1. The van der Waals surface area contributed by atoms with E-state index >= 15 is 0 Å². The fourth-order valence-corrected chi connectivity index (χ4v) is 12.7. The number of unbranched alkanes of at least 4 members (excludes halogenated alkanes) is 42. The average Bonchev–Trinajstić information content (AvgIpc) is 1.57. The van der Waals surface area contributed by atoms with Crippen molar-refractivity contribution in [1.29, 1.82) is 0 Å². The predicted molar refractivity (Wildman–Crippen MR) is 372 cm³/mol. The number of hydrogen-bond donors (Lipinski definition) is 3. The van der Waals surface area contributed by atoms with Gasteiger partial charge in [-0.1, -0.05) is 324 Å². The Morgan fingerprint density at radius 2 is 0.500 bits per heavy atom. The quantitative estimate of drug-likeness (QED) is 0.0222. The summed E-state index contributed by atoms with van der Waals surface area (Å²) in [6.45, 7) is 9.51. The van der Waals surface area contributed by atoms with Crippen molar-refractivity contribution in [1.82, 2.24) is 0 Å². The fraction of sp³-hybridized carbons (Fsp3) is 0.945. The van der Waals surface area contributed by atoms with E-state index in [1.165, 1.54) is 186 Å². The van der Waals surface area contributed by atoms with Crippen molar-refractivity contribution in [2.75, 3.05) is 39.6 Å². The van der Waals surface area contributed by atoms with Crippen LogP contribution < -0.4 is 0 Å². The zero-order valence-electron chi connectivity index (χ0n) is 59.9. The van der Waals surface area contributed by atoms with Gasteiger partial charge in [0.1, 0.15) is 19.3 Å². The second-order valence-electron chi connectivity index (χ2n) is 27.3. The summed E-state index contributed by atoms with van der Waals surface area (Å²) in [5.74, 6) is -0.622. The monoisotopic (exact) mass is 1350 g/mol. The molecule has 0 aliphatic rings. The molecule has 17 nitrogen and oxygen atoms in total. The fourth-order valence-electron chi connectivity index (χ4n) is 11.1. The third kappa shape index (κ3) is 66.7. The number of phosphoric acid groups is 2. The Hall–Kier alpha value is -1.94. The molecule has 0 saturated carbocycles. The van der Waals surface area contributed by atoms with Crippen molar-refractivity contribution in [3.8, 4) is 0 Å². The smallest absolute Gasteiger partial charge is 0.462 e. The molecule has 0 aromatic carbocycles. The Labute approximate surface area is 562 Å². The summed E-state index contributed by atoms with van der Waals surface area (Å²) in [6, 6.07) is 0. The molecule has 0 saturated heterocycles. The zero-order chi connectivity index (χ0) is 67.9. The highest BCUT2D eigenvalue weighted by Crippen LogP contribution is 2.45. The van der Waals surface area contributed by atoms with Gasteiger partial charge in [0.2, 0.25) is 0 Å². The molecule has 2 unspecified atom stereocenters. The first-order valence-electron chi connectivity index (χ1n) is 38.0. The van der Waals surface area contributed by atoms with Crippen LogP contribution in [0.5, 0.6) is 0 Å². The van der Waals surface area contributed by atoms with Crippen LogP contribution in [-0.2, 0) is 65.4 Å². The maximum Gasteiger partial charge on any atom is 0.472 e. The van der Waals surface area contributed by atoms with Gasteiger partial charge in [-0.2, -0.15) is 0 Å². The molecule has 0 spiro atoms. The molecule has 5 atom stereocenters. The van der Waals surface area contributed by atoms with Crippen LogP contribution >= 0.6 is 15.6 Å². The van der Waals surface area contributed by atoms with Crippen molar-refractivity contribution in [3.63, 3.8) is 0 Å². The molecule has 0 amide bonds. The summed E-state index contributed by atoms with van der Waals surface area (Å²) >= 11 is 0. The number of carbonyl (C=O) groups excluding carboxylic acids is 4. The van der Waals surface area contributed by atoms with Crippen LogP contribution in [-0.4, -0.2) is 96.7 Å². The minimum absolute atomic E-state index is 0.106. The molecule has 19 heteroatoms. The molecular weight excluding hydrogens is 1210 g/mol. The van der Waals surface area contributed by atoms with Crippen LogP contribution in [0.15, 0.2) is 0 Å². The molecule has 0 heterocycles. The molecule has 0 aliphatic heterocycles. The van der Waals surface area contributed by atoms with Gasteiger partial charge in [-0.05, 0) is 37.5 Å². The van der Waals surface area contributed by atoms with Crippen molar-refractivity contribution in [3.05, 3.63) is 0 Å². The number of rotatable bonds is 72. The van der Waals surface area contributed by atoms with Crippen LogP contribution in [0.3, 0.4) is 0 Å². The number of carbonyl (C=O) groups is 4. The lowest BCUT2D eigenvalue weighted by molar-refractivity contribution is -0.161. The molecule has 0 bridgehead atoms. The number of phosphoric ester groups is 2. The number of aliphatic hydroxyl groups is 1. The summed E-state index contributed by atoms with van der Waals surface area (Å²) in [7, 11) is -9.90. The van der Waals surface area contributed by atoms with Gasteiger partial charge in [0.15, 0.2) is 12.2 Å².